The molecule has 1 heterocycles. The molecule has 1 N–H and O–H groups in total. The Kier molecular flexibility index (Phi) is 6.53. The Morgan fingerprint density at radius 2 is 1.65 bits per heavy atom. The molecule has 3 rings (SSSR count). The lowest BCUT2D eigenvalue weighted by molar-refractivity contribution is -0.130. The zero-order valence-electron chi connectivity index (χ0n) is 15.9. The molecule has 1 aromatic rings. The van der Waals surface area contributed by atoms with Crippen LogP contribution in [0.2, 0.25) is 0 Å². The molecule has 142 valence electrons. The lowest BCUT2D eigenvalue weighted by atomic mass is 9.96. The number of urea groups is 1. The Bertz CT molecular complexity index is 625. The van der Waals surface area contributed by atoms with Crippen LogP contribution < -0.4 is 5.32 Å². The monoisotopic (exact) mass is 357 g/mol. The Labute approximate surface area is 156 Å². The minimum absolute atomic E-state index is 0.0464. The molecule has 1 aliphatic heterocycles. The number of benzene rings is 1. The van der Waals surface area contributed by atoms with E-state index >= 15 is 0 Å². The molecule has 1 saturated heterocycles. The number of nitrogens with zero attached hydrogens (tertiary/aromatic N) is 2. The molecule has 0 atom stereocenters. The van der Waals surface area contributed by atoms with Crippen LogP contribution in [0.4, 0.5) is 4.79 Å². The average Bonchev–Trinajstić information content (AvgIpc) is 2.91. The Morgan fingerprint density at radius 1 is 0.962 bits per heavy atom. The van der Waals surface area contributed by atoms with Gasteiger partial charge in [0.15, 0.2) is 0 Å². The minimum atomic E-state index is 0.0464. The number of carbonyl (C=O) groups is 2. The van der Waals surface area contributed by atoms with Gasteiger partial charge >= 0.3 is 6.03 Å². The Morgan fingerprint density at radius 3 is 2.42 bits per heavy atom. The SMILES string of the molecule is Cc1ccccc1CC(=O)N1CCCN(C(=O)NC2CCCCC2)CC1. The highest BCUT2D eigenvalue weighted by atomic mass is 16.2. The van der Waals surface area contributed by atoms with Gasteiger partial charge in [0.25, 0.3) is 0 Å². The van der Waals surface area contributed by atoms with E-state index in [-0.39, 0.29) is 11.9 Å². The number of nitrogens with one attached hydrogen (secondary N) is 1. The van der Waals surface area contributed by atoms with Gasteiger partial charge in [0, 0.05) is 32.2 Å². The van der Waals surface area contributed by atoms with E-state index in [2.05, 4.69) is 5.32 Å². The number of hydrogen-bond donors (Lipinski definition) is 1. The molecule has 0 radical (unpaired) electrons. The first-order chi connectivity index (χ1) is 12.6. The molecule has 1 aromatic carbocycles. The first-order valence-electron chi connectivity index (χ1n) is 10.0. The van der Waals surface area contributed by atoms with Crippen molar-refractivity contribution in [1.29, 1.82) is 0 Å². The zero-order valence-corrected chi connectivity index (χ0v) is 15.9. The zero-order chi connectivity index (χ0) is 18.4. The van der Waals surface area contributed by atoms with Crippen LogP contribution in [0.15, 0.2) is 24.3 Å². The fourth-order valence-electron chi connectivity index (χ4n) is 3.97. The van der Waals surface area contributed by atoms with Gasteiger partial charge in [-0.2, -0.15) is 0 Å². The highest BCUT2D eigenvalue weighted by Gasteiger charge is 2.24. The van der Waals surface area contributed by atoms with Gasteiger partial charge in [0.05, 0.1) is 6.42 Å². The highest BCUT2D eigenvalue weighted by molar-refractivity contribution is 5.79. The number of aryl methyl sites for hydroxylation is 1. The van der Waals surface area contributed by atoms with Crippen LogP contribution in [0.1, 0.15) is 49.7 Å². The van der Waals surface area contributed by atoms with Crippen molar-refractivity contribution >= 4 is 11.9 Å². The maximum atomic E-state index is 12.7. The van der Waals surface area contributed by atoms with Crippen molar-refractivity contribution in [3.05, 3.63) is 35.4 Å². The lowest BCUT2D eigenvalue weighted by Gasteiger charge is -2.27. The van der Waals surface area contributed by atoms with E-state index in [1.54, 1.807) is 0 Å². The smallest absolute Gasteiger partial charge is 0.317 e. The number of carbonyl (C=O) groups excluding carboxylic acids is 2. The third-order valence-corrected chi connectivity index (χ3v) is 5.67. The van der Waals surface area contributed by atoms with Crippen LogP contribution >= 0.6 is 0 Å². The van der Waals surface area contributed by atoms with E-state index in [4.69, 9.17) is 0 Å². The van der Waals surface area contributed by atoms with E-state index in [1.807, 2.05) is 41.0 Å². The molecular weight excluding hydrogens is 326 g/mol. The van der Waals surface area contributed by atoms with Crippen molar-refractivity contribution in [1.82, 2.24) is 15.1 Å². The maximum Gasteiger partial charge on any atom is 0.317 e. The normalized spacial score (nSPS) is 19.1. The molecule has 3 amide bonds. The van der Waals surface area contributed by atoms with Crippen LogP contribution in [-0.4, -0.2) is 54.0 Å². The van der Waals surface area contributed by atoms with E-state index in [1.165, 1.54) is 19.3 Å². The van der Waals surface area contributed by atoms with Crippen LogP contribution in [0.25, 0.3) is 0 Å². The lowest BCUT2D eigenvalue weighted by Crippen LogP contribution is -2.47. The largest absolute Gasteiger partial charge is 0.341 e. The molecule has 2 fully saturated rings. The van der Waals surface area contributed by atoms with E-state index < -0.39 is 0 Å². The molecule has 0 unspecified atom stereocenters. The number of rotatable bonds is 3. The van der Waals surface area contributed by atoms with Crippen LogP contribution in [0.5, 0.6) is 0 Å². The highest BCUT2D eigenvalue weighted by Crippen LogP contribution is 2.18. The van der Waals surface area contributed by atoms with Crippen LogP contribution in [0.3, 0.4) is 0 Å². The fourth-order valence-corrected chi connectivity index (χ4v) is 3.97. The molecule has 5 heteroatoms. The van der Waals surface area contributed by atoms with Gasteiger partial charge in [-0.05, 0) is 37.3 Å². The molecule has 2 aliphatic rings. The van der Waals surface area contributed by atoms with Crippen molar-refractivity contribution in [2.75, 3.05) is 26.2 Å². The third kappa shape index (κ3) is 4.99. The molecule has 26 heavy (non-hydrogen) atoms. The molecule has 0 aromatic heterocycles. The fraction of sp³-hybridized carbons (Fsp3) is 0.619. The summed E-state index contributed by atoms with van der Waals surface area (Å²) in [6, 6.07) is 8.42. The second-order valence-corrected chi connectivity index (χ2v) is 7.61. The minimum Gasteiger partial charge on any atom is -0.341 e. The maximum absolute atomic E-state index is 12.7. The number of hydrogen-bond acceptors (Lipinski definition) is 2. The van der Waals surface area contributed by atoms with Gasteiger partial charge in [0.2, 0.25) is 5.91 Å². The van der Waals surface area contributed by atoms with E-state index in [0.29, 0.717) is 25.6 Å². The summed E-state index contributed by atoms with van der Waals surface area (Å²) >= 11 is 0. The van der Waals surface area contributed by atoms with Gasteiger partial charge in [-0.3, -0.25) is 4.79 Å². The second kappa shape index (κ2) is 9.06. The summed E-state index contributed by atoms with van der Waals surface area (Å²) in [5, 5.41) is 3.19. The van der Waals surface area contributed by atoms with Gasteiger partial charge in [-0.25, -0.2) is 4.79 Å². The Hall–Kier alpha value is -2.04. The number of amides is 3. The van der Waals surface area contributed by atoms with Gasteiger partial charge in [-0.1, -0.05) is 43.5 Å². The van der Waals surface area contributed by atoms with E-state index in [9.17, 15) is 9.59 Å². The summed E-state index contributed by atoms with van der Waals surface area (Å²) in [6.45, 7) is 4.76. The van der Waals surface area contributed by atoms with Crippen LogP contribution in [-0.2, 0) is 11.2 Å². The first kappa shape index (κ1) is 18.7. The molecule has 0 spiro atoms. The van der Waals surface area contributed by atoms with Crippen LogP contribution in [0, 0.1) is 6.92 Å². The van der Waals surface area contributed by atoms with Crippen molar-refractivity contribution in [3.63, 3.8) is 0 Å². The topological polar surface area (TPSA) is 52.7 Å². The molecule has 5 nitrogen and oxygen atoms in total. The van der Waals surface area contributed by atoms with Gasteiger partial charge < -0.3 is 15.1 Å². The summed E-state index contributed by atoms with van der Waals surface area (Å²) in [4.78, 5) is 29.0. The summed E-state index contributed by atoms with van der Waals surface area (Å²) in [7, 11) is 0. The molecular formula is C21H31N3O2. The third-order valence-electron chi connectivity index (χ3n) is 5.67. The second-order valence-electron chi connectivity index (χ2n) is 7.61. The van der Waals surface area contributed by atoms with Gasteiger partial charge in [-0.15, -0.1) is 0 Å². The predicted octanol–water partition coefficient (Wildman–Crippen LogP) is 3.11. The molecule has 1 aliphatic carbocycles. The Balaban J connectivity index is 1.50. The summed E-state index contributed by atoms with van der Waals surface area (Å²) < 4.78 is 0. The van der Waals surface area contributed by atoms with Crippen molar-refractivity contribution < 1.29 is 9.59 Å². The quantitative estimate of drug-likeness (QED) is 0.904. The van der Waals surface area contributed by atoms with Gasteiger partial charge in [0.1, 0.15) is 0 Å². The summed E-state index contributed by atoms with van der Waals surface area (Å²) in [5.74, 6) is 0.161. The summed E-state index contributed by atoms with van der Waals surface area (Å²) in [6.07, 6.45) is 7.20. The summed E-state index contributed by atoms with van der Waals surface area (Å²) in [5.41, 5.74) is 2.25. The van der Waals surface area contributed by atoms with Crippen molar-refractivity contribution in [2.24, 2.45) is 0 Å². The van der Waals surface area contributed by atoms with Crippen molar-refractivity contribution in [3.8, 4) is 0 Å². The average molecular weight is 357 g/mol. The standard InChI is InChI=1S/C21H31N3O2/c1-17-8-5-6-9-18(17)16-20(25)23-12-7-13-24(15-14-23)21(26)22-19-10-3-2-4-11-19/h5-6,8-9,19H,2-4,7,10-16H2,1H3,(H,22,26). The predicted molar refractivity (Wildman–Crippen MR) is 103 cm³/mol. The molecule has 1 saturated carbocycles. The first-order valence-corrected chi connectivity index (χ1v) is 10.0. The van der Waals surface area contributed by atoms with Crippen molar-refractivity contribution in [2.45, 2.75) is 57.9 Å². The van der Waals surface area contributed by atoms with E-state index in [0.717, 1.165) is 43.5 Å². The molecule has 0 bridgehead atoms.